The number of methoxy groups -OCH3 is 1. The Hall–Kier alpha value is -1.32. The predicted octanol–water partition coefficient (Wildman–Crippen LogP) is 2.33. The van der Waals surface area contributed by atoms with Gasteiger partial charge in [-0.3, -0.25) is 9.59 Å². The molecule has 1 aliphatic rings. The SMILES string of the molecule is C=CCC(C(=O)OC(C)(C)C)C1CC1C(=O)OC. The van der Waals surface area contributed by atoms with E-state index in [4.69, 9.17) is 9.47 Å². The van der Waals surface area contributed by atoms with Crippen molar-refractivity contribution in [3.63, 3.8) is 0 Å². The van der Waals surface area contributed by atoms with Gasteiger partial charge in [0.25, 0.3) is 0 Å². The predicted molar refractivity (Wildman–Crippen MR) is 67.8 cm³/mol. The van der Waals surface area contributed by atoms with E-state index in [1.54, 1.807) is 6.08 Å². The highest BCUT2D eigenvalue weighted by Gasteiger charge is 2.51. The normalized spacial score (nSPS) is 24.0. The highest BCUT2D eigenvalue weighted by molar-refractivity contribution is 5.80. The van der Waals surface area contributed by atoms with Gasteiger partial charge in [0, 0.05) is 0 Å². The van der Waals surface area contributed by atoms with Crippen molar-refractivity contribution in [2.24, 2.45) is 17.8 Å². The van der Waals surface area contributed by atoms with E-state index in [0.29, 0.717) is 12.8 Å². The summed E-state index contributed by atoms with van der Waals surface area (Å²) in [6.45, 7) is 9.16. The van der Waals surface area contributed by atoms with Crippen molar-refractivity contribution in [1.82, 2.24) is 0 Å². The Labute approximate surface area is 108 Å². The maximum absolute atomic E-state index is 12.1. The fraction of sp³-hybridized carbons (Fsp3) is 0.714. The van der Waals surface area contributed by atoms with Crippen LogP contribution in [0.15, 0.2) is 12.7 Å². The molecule has 0 saturated heterocycles. The number of allylic oxidation sites excluding steroid dienone is 1. The van der Waals surface area contributed by atoms with Crippen LogP contribution in [0, 0.1) is 17.8 Å². The van der Waals surface area contributed by atoms with E-state index in [-0.39, 0.29) is 29.7 Å². The number of rotatable bonds is 5. The lowest BCUT2D eigenvalue weighted by atomic mass is 9.97. The monoisotopic (exact) mass is 254 g/mol. The van der Waals surface area contributed by atoms with Gasteiger partial charge in [-0.05, 0) is 39.5 Å². The van der Waals surface area contributed by atoms with E-state index in [2.05, 4.69) is 6.58 Å². The first-order valence-corrected chi connectivity index (χ1v) is 6.21. The zero-order valence-electron chi connectivity index (χ0n) is 11.6. The molecule has 1 saturated carbocycles. The number of ether oxygens (including phenoxy) is 2. The first-order valence-electron chi connectivity index (χ1n) is 6.21. The summed E-state index contributed by atoms with van der Waals surface area (Å²) in [5.74, 6) is -0.903. The third-order valence-electron chi connectivity index (χ3n) is 2.99. The summed E-state index contributed by atoms with van der Waals surface area (Å²) in [6, 6.07) is 0. The summed E-state index contributed by atoms with van der Waals surface area (Å²) in [5, 5.41) is 0. The quantitative estimate of drug-likeness (QED) is 0.558. The third-order valence-corrected chi connectivity index (χ3v) is 2.99. The summed E-state index contributed by atoms with van der Waals surface area (Å²) in [5.41, 5.74) is -0.508. The number of carbonyl (C=O) groups excluding carboxylic acids is 2. The summed E-state index contributed by atoms with van der Waals surface area (Å²) in [6.07, 6.45) is 2.93. The molecule has 0 aromatic carbocycles. The topological polar surface area (TPSA) is 52.6 Å². The first kappa shape index (κ1) is 14.7. The van der Waals surface area contributed by atoms with Crippen molar-refractivity contribution in [2.45, 2.75) is 39.2 Å². The summed E-state index contributed by atoms with van der Waals surface area (Å²) in [4.78, 5) is 23.5. The largest absolute Gasteiger partial charge is 0.469 e. The van der Waals surface area contributed by atoms with Gasteiger partial charge in [0.05, 0.1) is 18.9 Å². The molecule has 1 rings (SSSR count). The van der Waals surface area contributed by atoms with Crippen LogP contribution in [0.1, 0.15) is 33.6 Å². The van der Waals surface area contributed by atoms with E-state index in [1.165, 1.54) is 7.11 Å². The minimum atomic E-state index is -0.508. The van der Waals surface area contributed by atoms with Crippen LogP contribution in [0.3, 0.4) is 0 Å². The smallest absolute Gasteiger partial charge is 0.310 e. The Morgan fingerprint density at radius 1 is 1.44 bits per heavy atom. The van der Waals surface area contributed by atoms with Crippen LogP contribution in [0.5, 0.6) is 0 Å². The van der Waals surface area contributed by atoms with Gasteiger partial charge in [0.15, 0.2) is 0 Å². The minimum Gasteiger partial charge on any atom is -0.469 e. The fourth-order valence-electron chi connectivity index (χ4n) is 2.08. The van der Waals surface area contributed by atoms with Gasteiger partial charge < -0.3 is 9.47 Å². The van der Waals surface area contributed by atoms with Gasteiger partial charge in [0.1, 0.15) is 5.60 Å². The maximum Gasteiger partial charge on any atom is 0.310 e. The molecular formula is C14H22O4. The van der Waals surface area contributed by atoms with Gasteiger partial charge in [0.2, 0.25) is 0 Å². The molecule has 0 amide bonds. The van der Waals surface area contributed by atoms with Crippen molar-refractivity contribution in [2.75, 3.05) is 7.11 Å². The Morgan fingerprint density at radius 3 is 2.50 bits per heavy atom. The van der Waals surface area contributed by atoms with Crippen molar-refractivity contribution < 1.29 is 19.1 Å². The molecule has 0 bridgehead atoms. The van der Waals surface area contributed by atoms with E-state index in [1.807, 2.05) is 20.8 Å². The zero-order valence-corrected chi connectivity index (χ0v) is 11.6. The van der Waals surface area contributed by atoms with Gasteiger partial charge >= 0.3 is 11.9 Å². The lowest BCUT2D eigenvalue weighted by molar-refractivity contribution is -0.161. The van der Waals surface area contributed by atoms with E-state index >= 15 is 0 Å². The Balaban J connectivity index is 2.64. The zero-order chi connectivity index (χ0) is 13.9. The van der Waals surface area contributed by atoms with Crippen molar-refractivity contribution in [3.05, 3.63) is 12.7 Å². The molecule has 1 aliphatic carbocycles. The Morgan fingerprint density at radius 2 is 2.06 bits per heavy atom. The summed E-state index contributed by atoms with van der Waals surface area (Å²) < 4.78 is 10.1. The van der Waals surface area contributed by atoms with Crippen LogP contribution in [-0.4, -0.2) is 24.6 Å². The molecule has 1 fully saturated rings. The van der Waals surface area contributed by atoms with E-state index < -0.39 is 5.60 Å². The maximum atomic E-state index is 12.1. The minimum absolute atomic E-state index is 0.0327. The van der Waals surface area contributed by atoms with Gasteiger partial charge in [-0.25, -0.2) is 0 Å². The average Bonchev–Trinajstić information content (AvgIpc) is 3.02. The lowest BCUT2D eigenvalue weighted by Crippen LogP contribution is -2.30. The number of esters is 2. The number of hydrogen-bond donors (Lipinski definition) is 0. The highest BCUT2D eigenvalue weighted by Crippen LogP contribution is 2.47. The second kappa shape index (κ2) is 5.55. The van der Waals surface area contributed by atoms with Gasteiger partial charge in [-0.15, -0.1) is 6.58 Å². The van der Waals surface area contributed by atoms with Crippen molar-refractivity contribution >= 4 is 11.9 Å². The molecule has 3 unspecified atom stereocenters. The summed E-state index contributed by atoms with van der Waals surface area (Å²) >= 11 is 0. The Bertz CT molecular complexity index is 340. The molecule has 0 aliphatic heterocycles. The molecular weight excluding hydrogens is 232 g/mol. The molecule has 0 heterocycles. The molecule has 0 aromatic rings. The molecule has 102 valence electrons. The number of carbonyl (C=O) groups is 2. The Kier molecular flexibility index (Phi) is 4.54. The second-order valence-corrected chi connectivity index (χ2v) is 5.69. The van der Waals surface area contributed by atoms with E-state index in [0.717, 1.165) is 0 Å². The molecule has 18 heavy (non-hydrogen) atoms. The molecule has 0 N–H and O–H groups in total. The van der Waals surface area contributed by atoms with Crippen LogP contribution in [-0.2, 0) is 19.1 Å². The van der Waals surface area contributed by atoms with Gasteiger partial charge in [-0.2, -0.15) is 0 Å². The van der Waals surface area contributed by atoms with Crippen molar-refractivity contribution in [3.8, 4) is 0 Å². The second-order valence-electron chi connectivity index (χ2n) is 5.69. The molecule has 0 aromatic heterocycles. The summed E-state index contributed by atoms with van der Waals surface area (Å²) in [7, 11) is 1.37. The number of hydrogen-bond acceptors (Lipinski definition) is 4. The van der Waals surface area contributed by atoms with Crippen LogP contribution < -0.4 is 0 Å². The van der Waals surface area contributed by atoms with Crippen LogP contribution in [0.25, 0.3) is 0 Å². The average molecular weight is 254 g/mol. The van der Waals surface area contributed by atoms with Crippen molar-refractivity contribution in [1.29, 1.82) is 0 Å². The first-order chi connectivity index (χ1) is 8.30. The fourth-order valence-corrected chi connectivity index (χ4v) is 2.08. The van der Waals surface area contributed by atoms with Crippen LogP contribution >= 0.6 is 0 Å². The van der Waals surface area contributed by atoms with E-state index in [9.17, 15) is 9.59 Å². The molecule has 3 atom stereocenters. The molecule has 4 heteroatoms. The van der Waals surface area contributed by atoms with Crippen LogP contribution in [0.4, 0.5) is 0 Å². The van der Waals surface area contributed by atoms with Crippen LogP contribution in [0.2, 0.25) is 0 Å². The standard InChI is InChI=1S/C14H22O4/c1-6-7-9(13(16)18-14(2,3)4)10-8-11(10)12(15)17-5/h6,9-11H,1,7-8H2,2-5H3. The van der Waals surface area contributed by atoms with Gasteiger partial charge in [-0.1, -0.05) is 6.08 Å². The molecule has 0 spiro atoms. The lowest BCUT2D eigenvalue weighted by Gasteiger charge is -2.23. The molecule has 4 nitrogen and oxygen atoms in total. The highest BCUT2D eigenvalue weighted by atomic mass is 16.6. The molecule has 0 radical (unpaired) electrons. The third kappa shape index (κ3) is 3.86.